The van der Waals surface area contributed by atoms with Gasteiger partial charge in [0.15, 0.2) is 0 Å². The highest BCUT2D eigenvalue weighted by Gasteiger charge is 1.95. The molecule has 0 aromatic heterocycles. The molecule has 66 valence electrons. The highest BCUT2D eigenvalue weighted by Crippen LogP contribution is 2.19. The van der Waals surface area contributed by atoms with Crippen LogP contribution in [0.3, 0.4) is 0 Å². The second-order valence-corrected chi connectivity index (χ2v) is 4.42. The molecular weight excluding hydrogens is 180 g/mol. The van der Waals surface area contributed by atoms with Crippen LogP contribution in [-0.2, 0) is 9.53 Å². The van der Waals surface area contributed by atoms with Crippen molar-refractivity contribution in [3.05, 3.63) is 0 Å². The Hall–Kier alpha value is 0.170. The smallest absolute Gasteiger partial charge is 0.293 e. The van der Waals surface area contributed by atoms with Crippen LogP contribution in [0, 0.1) is 0 Å². The summed E-state index contributed by atoms with van der Waals surface area (Å²) in [6, 6.07) is 0. The van der Waals surface area contributed by atoms with E-state index in [0.29, 0.717) is 13.1 Å². The van der Waals surface area contributed by atoms with Gasteiger partial charge in [0.05, 0.1) is 6.61 Å². The number of carbonyl (C=O) groups is 1. The number of carbonyl (C=O) groups excluding carboxylic acids is 1. The molecule has 11 heavy (non-hydrogen) atoms. The van der Waals surface area contributed by atoms with Gasteiger partial charge in [0.1, 0.15) is 0 Å². The Morgan fingerprint density at radius 3 is 2.18 bits per heavy atom. The van der Waals surface area contributed by atoms with Crippen LogP contribution in [0.2, 0.25) is 0 Å². The molecule has 1 aliphatic heterocycles. The third kappa shape index (κ3) is 10.2. The van der Waals surface area contributed by atoms with Crippen molar-refractivity contribution < 1.29 is 9.53 Å². The quantitative estimate of drug-likeness (QED) is 0.628. The molecule has 0 saturated carbocycles. The molecule has 0 bridgehead atoms. The minimum Gasteiger partial charge on any atom is -0.468 e. The number of hydrogen-bond acceptors (Lipinski definition) is 4. The van der Waals surface area contributed by atoms with Gasteiger partial charge in [-0.25, -0.2) is 0 Å². The Morgan fingerprint density at radius 2 is 2.09 bits per heavy atom. The van der Waals surface area contributed by atoms with Gasteiger partial charge in [0.25, 0.3) is 6.47 Å². The van der Waals surface area contributed by atoms with E-state index in [2.05, 4.69) is 28.3 Å². The van der Waals surface area contributed by atoms with Gasteiger partial charge >= 0.3 is 0 Å². The molecule has 1 aliphatic rings. The van der Waals surface area contributed by atoms with Crippen molar-refractivity contribution in [2.75, 3.05) is 23.2 Å². The summed E-state index contributed by atoms with van der Waals surface area (Å²) in [4.78, 5) is 9.18. The topological polar surface area (TPSA) is 26.3 Å². The molecule has 0 unspecified atom stereocenters. The van der Waals surface area contributed by atoms with E-state index in [-0.39, 0.29) is 0 Å². The van der Waals surface area contributed by atoms with E-state index in [1.54, 1.807) is 6.92 Å². The molecule has 2 nitrogen and oxygen atoms in total. The molecule has 4 heteroatoms. The molecule has 0 amide bonds. The summed E-state index contributed by atoms with van der Waals surface area (Å²) < 4.78 is 4.15. The first-order chi connectivity index (χ1) is 5.41. The predicted molar refractivity (Wildman–Crippen MR) is 52.1 cm³/mol. The molecule has 0 aromatic rings. The molecule has 0 aromatic carbocycles. The lowest BCUT2D eigenvalue weighted by Crippen LogP contribution is -1.90. The SMILES string of the molecule is C1CSCSC1.CCOC=O. The van der Waals surface area contributed by atoms with E-state index in [9.17, 15) is 4.79 Å². The molecule has 0 spiro atoms. The van der Waals surface area contributed by atoms with Gasteiger partial charge in [-0.1, -0.05) is 0 Å². The van der Waals surface area contributed by atoms with Crippen LogP contribution in [0.4, 0.5) is 0 Å². The first kappa shape index (κ1) is 11.2. The summed E-state index contributed by atoms with van der Waals surface area (Å²) in [7, 11) is 0. The van der Waals surface area contributed by atoms with Crippen LogP contribution < -0.4 is 0 Å². The number of hydrogen-bond donors (Lipinski definition) is 0. The van der Waals surface area contributed by atoms with E-state index in [1.807, 2.05) is 0 Å². The maximum absolute atomic E-state index is 9.18. The van der Waals surface area contributed by atoms with Crippen LogP contribution in [-0.4, -0.2) is 29.7 Å². The molecule has 0 N–H and O–H groups in total. The van der Waals surface area contributed by atoms with Crippen molar-refractivity contribution in [1.29, 1.82) is 0 Å². The van der Waals surface area contributed by atoms with E-state index in [4.69, 9.17) is 0 Å². The van der Waals surface area contributed by atoms with Gasteiger partial charge in [-0.05, 0) is 24.9 Å². The number of ether oxygens (including phenoxy) is 1. The fourth-order valence-electron chi connectivity index (χ4n) is 0.508. The molecular formula is C7H14O2S2. The lowest BCUT2D eigenvalue weighted by atomic mass is 10.6. The highest BCUT2D eigenvalue weighted by molar-refractivity contribution is 8.16. The summed E-state index contributed by atoms with van der Waals surface area (Å²) in [5.41, 5.74) is 0. The third-order valence-corrected chi connectivity index (χ3v) is 3.47. The van der Waals surface area contributed by atoms with Crippen LogP contribution in [0.5, 0.6) is 0 Å². The van der Waals surface area contributed by atoms with Gasteiger partial charge in [-0.3, -0.25) is 4.79 Å². The average molecular weight is 194 g/mol. The molecule has 0 aliphatic carbocycles. The fraction of sp³-hybridized carbons (Fsp3) is 0.857. The third-order valence-electron chi connectivity index (χ3n) is 0.979. The second-order valence-electron chi connectivity index (χ2n) is 1.84. The number of rotatable bonds is 2. The summed E-state index contributed by atoms with van der Waals surface area (Å²) in [5.74, 6) is 2.79. The Kier molecular flexibility index (Phi) is 10.3. The maximum Gasteiger partial charge on any atom is 0.293 e. The summed E-state index contributed by atoms with van der Waals surface area (Å²) in [5, 5.41) is 1.33. The van der Waals surface area contributed by atoms with E-state index < -0.39 is 0 Å². The van der Waals surface area contributed by atoms with Gasteiger partial charge in [0, 0.05) is 5.08 Å². The van der Waals surface area contributed by atoms with Crippen LogP contribution >= 0.6 is 23.5 Å². The zero-order valence-corrected chi connectivity index (χ0v) is 8.38. The van der Waals surface area contributed by atoms with Crippen molar-refractivity contribution in [1.82, 2.24) is 0 Å². The van der Waals surface area contributed by atoms with Crippen molar-refractivity contribution in [3.8, 4) is 0 Å². The molecule has 1 rings (SSSR count). The Labute approximate surface area is 76.5 Å². The maximum atomic E-state index is 9.18. The average Bonchev–Trinajstić information content (AvgIpc) is 2.10. The molecule has 0 radical (unpaired) electrons. The van der Waals surface area contributed by atoms with Crippen LogP contribution in [0.1, 0.15) is 13.3 Å². The highest BCUT2D eigenvalue weighted by atomic mass is 32.2. The summed E-state index contributed by atoms with van der Waals surface area (Å²) >= 11 is 4.12. The largest absolute Gasteiger partial charge is 0.468 e. The molecule has 1 fully saturated rings. The molecule has 0 atom stereocenters. The Bertz CT molecular complexity index is 73.0. The lowest BCUT2D eigenvalue weighted by molar-refractivity contribution is -0.128. The monoisotopic (exact) mass is 194 g/mol. The van der Waals surface area contributed by atoms with Crippen molar-refractivity contribution in [2.45, 2.75) is 13.3 Å². The second kappa shape index (κ2) is 10.2. The molecule has 1 heterocycles. The van der Waals surface area contributed by atoms with E-state index in [1.165, 1.54) is 23.0 Å². The first-order valence-corrected chi connectivity index (χ1v) is 5.93. The van der Waals surface area contributed by atoms with Gasteiger partial charge in [0.2, 0.25) is 0 Å². The minimum atomic E-state index is 0.431. The fourth-order valence-corrected chi connectivity index (χ4v) is 2.80. The van der Waals surface area contributed by atoms with Crippen LogP contribution in [0.25, 0.3) is 0 Å². The summed E-state index contributed by atoms with van der Waals surface area (Å²) in [6.07, 6.45) is 1.43. The predicted octanol–water partition coefficient (Wildman–Crippen LogP) is 1.99. The zero-order valence-electron chi connectivity index (χ0n) is 6.75. The van der Waals surface area contributed by atoms with E-state index >= 15 is 0 Å². The van der Waals surface area contributed by atoms with Crippen LogP contribution in [0.15, 0.2) is 0 Å². The summed E-state index contributed by atoms with van der Waals surface area (Å²) in [6.45, 7) is 2.66. The van der Waals surface area contributed by atoms with Crippen molar-refractivity contribution in [2.24, 2.45) is 0 Å². The van der Waals surface area contributed by atoms with Gasteiger partial charge in [-0.2, -0.15) is 23.5 Å². The first-order valence-electron chi connectivity index (χ1n) is 3.62. The van der Waals surface area contributed by atoms with E-state index in [0.717, 1.165) is 0 Å². The van der Waals surface area contributed by atoms with Gasteiger partial charge in [-0.15, -0.1) is 0 Å². The van der Waals surface area contributed by atoms with Crippen molar-refractivity contribution >= 4 is 30.0 Å². The zero-order chi connectivity index (χ0) is 8.36. The normalized spacial score (nSPS) is 16.1. The van der Waals surface area contributed by atoms with Crippen molar-refractivity contribution in [3.63, 3.8) is 0 Å². The number of thioether (sulfide) groups is 2. The Morgan fingerprint density at radius 1 is 1.45 bits per heavy atom. The van der Waals surface area contributed by atoms with Gasteiger partial charge < -0.3 is 4.74 Å². The lowest BCUT2D eigenvalue weighted by Gasteiger charge is -2.05. The standard InChI is InChI=1S/C4H8S2.C3H6O2/c1-2-5-4-6-3-1;1-2-5-3-4/h1-4H2;3H,2H2,1H3. The minimum absolute atomic E-state index is 0.431. The molecule has 1 saturated heterocycles. The Balaban J connectivity index is 0.000000187.